The Morgan fingerprint density at radius 2 is 2.00 bits per heavy atom. The second-order valence-corrected chi connectivity index (χ2v) is 2.38. The quantitative estimate of drug-likeness (QED) is 0.496. The van der Waals surface area contributed by atoms with Crippen LogP contribution in [0.25, 0.3) is 0 Å². The minimum atomic E-state index is -0.640. The summed E-state index contributed by atoms with van der Waals surface area (Å²) < 4.78 is 4.64. The van der Waals surface area contributed by atoms with Gasteiger partial charge in [-0.1, -0.05) is 0 Å². The maximum Gasteiger partial charge on any atom is 0.324 e. The molecule has 0 aliphatic heterocycles. The lowest BCUT2D eigenvalue weighted by atomic mass is 10.3. The highest BCUT2D eigenvalue weighted by Gasteiger charge is 2.08. The van der Waals surface area contributed by atoms with Crippen LogP contribution in [0.1, 0.15) is 13.3 Å². The molecule has 1 aromatic rings. The maximum absolute atomic E-state index is 10.9. The molecule has 0 atom stereocenters. The maximum atomic E-state index is 10.9. The molecular formula is C8H8N2O3. The van der Waals surface area contributed by atoms with Gasteiger partial charge >= 0.3 is 12.0 Å². The van der Waals surface area contributed by atoms with E-state index in [2.05, 4.69) is 14.7 Å². The van der Waals surface area contributed by atoms with Gasteiger partial charge in [-0.25, -0.2) is 9.97 Å². The zero-order valence-electron chi connectivity index (χ0n) is 7.06. The topological polar surface area (TPSA) is 69.2 Å². The van der Waals surface area contributed by atoms with Crippen LogP contribution in [0, 0.1) is 0 Å². The molecule has 0 amide bonds. The van der Waals surface area contributed by atoms with E-state index in [1.807, 2.05) is 0 Å². The van der Waals surface area contributed by atoms with Crippen molar-refractivity contribution in [3.63, 3.8) is 0 Å². The van der Waals surface area contributed by atoms with Crippen molar-refractivity contribution in [2.75, 3.05) is 0 Å². The molecule has 0 radical (unpaired) electrons. The molecule has 0 N–H and O–H groups in total. The van der Waals surface area contributed by atoms with Crippen LogP contribution in [0.2, 0.25) is 0 Å². The fourth-order valence-corrected chi connectivity index (χ4v) is 0.679. The highest BCUT2D eigenvalue weighted by atomic mass is 16.5. The molecule has 0 unspecified atom stereocenters. The van der Waals surface area contributed by atoms with Crippen LogP contribution in [0.5, 0.6) is 6.01 Å². The molecule has 5 nitrogen and oxygen atoms in total. The summed E-state index contributed by atoms with van der Waals surface area (Å²) in [7, 11) is 0. The number of carbonyl (C=O) groups excluding carboxylic acids is 2. The van der Waals surface area contributed by atoms with E-state index >= 15 is 0 Å². The number of ketones is 1. The Labute approximate surface area is 74.8 Å². The Hall–Kier alpha value is -1.78. The van der Waals surface area contributed by atoms with Gasteiger partial charge in [0.2, 0.25) is 0 Å². The lowest BCUT2D eigenvalue weighted by molar-refractivity contribution is -0.137. The number of esters is 1. The van der Waals surface area contributed by atoms with E-state index in [0.29, 0.717) is 0 Å². The van der Waals surface area contributed by atoms with Crippen molar-refractivity contribution in [2.45, 2.75) is 13.3 Å². The second-order valence-electron chi connectivity index (χ2n) is 2.38. The Kier molecular flexibility index (Phi) is 3.08. The lowest BCUT2D eigenvalue weighted by Gasteiger charge is -1.98. The first-order valence-electron chi connectivity index (χ1n) is 3.65. The first-order valence-corrected chi connectivity index (χ1v) is 3.65. The third-order valence-electron chi connectivity index (χ3n) is 1.14. The highest BCUT2D eigenvalue weighted by Crippen LogP contribution is 1.99. The molecule has 0 aliphatic rings. The van der Waals surface area contributed by atoms with Crippen molar-refractivity contribution in [1.29, 1.82) is 0 Å². The van der Waals surface area contributed by atoms with Gasteiger partial charge in [-0.15, -0.1) is 0 Å². The molecule has 68 valence electrons. The predicted molar refractivity (Wildman–Crippen MR) is 43.0 cm³/mol. The van der Waals surface area contributed by atoms with Crippen LogP contribution in [0.3, 0.4) is 0 Å². The number of rotatable bonds is 3. The number of hydrogen-bond acceptors (Lipinski definition) is 5. The van der Waals surface area contributed by atoms with Gasteiger partial charge in [-0.05, 0) is 13.0 Å². The van der Waals surface area contributed by atoms with Gasteiger partial charge in [0.15, 0.2) is 0 Å². The highest BCUT2D eigenvalue weighted by molar-refractivity contribution is 5.94. The Bertz CT molecular complexity index is 310. The molecule has 1 heterocycles. The van der Waals surface area contributed by atoms with Crippen LogP contribution < -0.4 is 4.74 Å². The predicted octanol–water partition coefficient (Wildman–Crippen LogP) is 0.361. The second kappa shape index (κ2) is 4.30. The fraction of sp³-hybridized carbons (Fsp3) is 0.250. The number of hydrogen-bond donors (Lipinski definition) is 0. The van der Waals surface area contributed by atoms with Gasteiger partial charge < -0.3 is 4.74 Å². The summed E-state index contributed by atoms with van der Waals surface area (Å²) in [5.74, 6) is -0.889. The number of Topliss-reactive ketones (excluding diaryl/α,β-unsaturated/α-hetero) is 1. The molecule has 0 bridgehead atoms. The van der Waals surface area contributed by atoms with E-state index in [0.717, 1.165) is 0 Å². The minimum Gasteiger partial charge on any atom is -0.390 e. The zero-order valence-corrected chi connectivity index (χ0v) is 7.06. The van der Waals surface area contributed by atoms with E-state index in [1.54, 1.807) is 6.07 Å². The lowest BCUT2D eigenvalue weighted by Crippen LogP contribution is -2.13. The molecule has 13 heavy (non-hydrogen) atoms. The van der Waals surface area contributed by atoms with Crippen molar-refractivity contribution in [2.24, 2.45) is 0 Å². The summed E-state index contributed by atoms with van der Waals surface area (Å²) in [4.78, 5) is 28.7. The third-order valence-corrected chi connectivity index (χ3v) is 1.14. The van der Waals surface area contributed by atoms with Gasteiger partial charge in [0.25, 0.3) is 0 Å². The molecule has 0 aliphatic carbocycles. The molecule has 0 fully saturated rings. The molecule has 0 aromatic carbocycles. The van der Waals surface area contributed by atoms with Crippen molar-refractivity contribution in [3.8, 4) is 6.01 Å². The normalized spacial score (nSPS) is 9.31. The van der Waals surface area contributed by atoms with E-state index in [-0.39, 0.29) is 18.2 Å². The summed E-state index contributed by atoms with van der Waals surface area (Å²) in [6, 6.07) is 1.57. The zero-order chi connectivity index (χ0) is 9.68. The minimum absolute atomic E-state index is 0.0336. The summed E-state index contributed by atoms with van der Waals surface area (Å²) in [5.41, 5.74) is 0. The third kappa shape index (κ3) is 3.42. The number of ether oxygens (including phenoxy) is 1. The van der Waals surface area contributed by atoms with Gasteiger partial charge in [0, 0.05) is 12.4 Å². The Morgan fingerprint density at radius 3 is 2.54 bits per heavy atom. The first kappa shape index (κ1) is 9.31. The van der Waals surface area contributed by atoms with Gasteiger partial charge in [0.1, 0.15) is 12.2 Å². The number of carbonyl (C=O) groups is 2. The van der Waals surface area contributed by atoms with E-state index in [4.69, 9.17) is 0 Å². The SMILES string of the molecule is CC(=O)CC(=O)Oc1ncccn1. The van der Waals surface area contributed by atoms with E-state index in [9.17, 15) is 9.59 Å². The standard InChI is InChI=1S/C8H8N2O3/c1-6(11)5-7(12)13-8-9-3-2-4-10-8/h2-4H,5H2,1H3. The number of aromatic nitrogens is 2. The molecular weight excluding hydrogens is 172 g/mol. The largest absolute Gasteiger partial charge is 0.390 e. The molecule has 1 rings (SSSR count). The van der Waals surface area contributed by atoms with Gasteiger partial charge in [0.05, 0.1) is 0 Å². The molecule has 1 aromatic heterocycles. The average molecular weight is 180 g/mol. The van der Waals surface area contributed by atoms with E-state index in [1.165, 1.54) is 19.3 Å². The monoisotopic (exact) mass is 180 g/mol. The summed E-state index contributed by atoms with van der Waals surface area (Å²) >= 11 is 0. The number of nitrogens with zero attached hydrogens (tertiary/aromatic N) is 2. The van der Waals surface area contributed by atoms with Gasteiger partial charge in [-0.2, -0.15) is 0 Å². The first-order chi connectivity index (χ1) is 6.18. The van der Waals surface area contributed by atoms with E-state index < -0.39 is 5.97 Å². The Morgan fingerprint density at radius 1 is 1.38 bits per heavy atom. The summed E-state index contributed by atoms with van der Waals surface area (Å²) in [5, 5.41) is 0. The molecule has 0 saturated heterocycles. The van der Waals surface area contributed by atoms with Crippen LogP contribution in [0.15, 0.2) is 18.5 Å². The summed E-state index contributed by atoms with van der Waals surface area (Å²) in [6.07, 6.45) is 2.64. The van der Waals surface area contributed by atoms with Crippen LogP contribution in [-0.2, 0) is 9.59 Å². The molecule has 5 heteroatoms. The van der Waals surface area contributed by atoms with Crippen molar-refractivity contribution >= 4 is 11.8 Å². The smallest absolute Gasteiger partial charge is 0.324 e. The summed E-state index contributed by atoms with van der Waals surface area (Å²) in [6.45, 7) is 1.31. The molecule has 0 saturated carbocycles. The molecule has 0 spiro atoms. The Balaban J connectivity index is 2.50. The van der Waals surface area contributed by atoms with Crippen LogP contribution in [0.4, 0.5) is 0 Å². The van der Waals surface area contributed by atoms with Crippen LogP contribution >= 0.6 is 0 Å². The van der Waals surface area contributed by atoms with Crippen molar-refractivity contribution in [3.05, 3.63) is 18.5 Å². The van der Waals surface area contributed by atoms with Crippen LogP contribution in [-0.4, -0.2) is 21.7 Å². The average Bonchev–Trinajstić information content (AvgIpc) is 2.04. The fourth-order valence-electron chi connectivity index (χ4n) is 0.679. The van der Waals surface area contributed by atoms with Crippen molar-refractivity contribution < 1.29 is 14.3 Å². The van der Waals surface area contributed by atoms with Gasteiger partial charge in [-0.3, -0.25) is 9.59 Å². The van der Waals surface area contributed by atoms with Crippen molar-refractivity contribution in [1.82, 2.24) is 9.97 Å².